The van der Waals surface area contributed by atoms with Crippen LogP contribution in [-0.4, -0.2) is 59.0 Å². The lowest BCUT2D eigenvalue weighted by Crippen LogP contribution is -2.53. The van der Waals surface area contributed by atoms with E-state index in [9.17, 15) is 4.79 Å². The van der Waals surface area contributed by atoms with Crippen molar-refractivity contribution in [1.29, 1.82) is 0 Å². The van der Waals surface area contributed by atoms with Crippen molar-refractivity contribution in [3.05, 3.63) is 72.7 Å². The van der Waals surface area contributed by atoms with Crippen molar-refractivity contribution in [3.8, 4) is 16.9 Å². The quantitative estimate of drug-likeness (QED) is 0.247. The van der Waals surface area contributed by atoms with Gasteiger partial charge >= 0.3 is 6.03 Å². The summed E-state index contributed by atoms with van der Waals surface area (Å²) in [7, 11) is 0. The van der Waals surface area contributed by atoms with Gasteiger partial charge in [-0.15, -0.1) is 0 Å². The summed E-state index contributed by atoms with van der Waals surface area (Å²) in [6.07, 6.45) is 5.53. The van der Waals surface area contributed by atoms with E-state index in [2.05, 4.69) is 42.7 Å². The molecule has 3 heterocycles. The van der Waals surface area contributed by atoms with Crippen molar-refractivity contribution in [2.24, 2.45) is 5.92 Å². The molecule has 4 aromatic rings. The van der Waals surface area contributed by atoms with E-state index in [0.29, 0.717) is 31.5 Å². The number of anilines is 1. The molecule has 1 saturated heterocycles. The summed E-state index contributed by atoms with van der Waals surface area (Å²) >= 11 is 0. The first-order valence-electron chi connectivity index (χ1n) is 14.3. The van der Waals surface area contributed by atoms with Crippen molar-refractivity contribution in [2.75, 3.05) is 32.0 Å². The van der Waals surface area contributed by atoms with Gasteiger partial charge in [0, 0.05) is 37.4 Å². The number of hydrogen-bond acceptors (Lipinski definition) is 7. The van der Waals surface area contributed by atoms with Gasteiger partial charge in [-0.2, -0.15) is 0 Å². The van der Waals surface area contributed by atoms with E-state index in [1.807, 2.05) is 55.5 Å². The molecule has 1 aliphatic carbocycles. The molecule has 2 amide bonds. The van der Waals surface area contributed by atoms with E-state index in [4.69, 9.17) is 15.2 Å². The zero-order valence-electron chi connectivity index (χ0n) is 23.3. The van der Waals surface area contributed by atoms with Crippen LogP contribution < -0.4 is 26.4 Å². The summed E-state index contributed by atoms with van der Waals surface area (Å²) in [5, 5.41) is 10.2. The molecule has 1 aliphatic heterocycles. The van der Waals surface area contributed by atoms with Crippen LogP contribution in [0.2, 0.25) is 0 Å². The normalized spacial score (nSPS) is 21.1. The summed E-state index contributed by atoms with van der Waals surface area (Å²) < 4.78 is 14.0. The minimum absolute atomic E-state index is 0.00987. The summed E-state index contributed by atoms with van der Waals surface area (Å²) in [5.74, 6) is 1.64. The van der Waals surface area contributed by atoms with Crippen LogP contribution in [0.25, 0.3) is 22.2 Å². The predicted molar refractivity (Wildman–Crippen MR) is 159 cm³/mol. The molecule has 0 radical (unpaired) electrons. The molecule has 6 rings (SSSR count). The number of carbonyl (C=O) groups excluding carboxylic acids is 1. The SMILES string of the molecule is CC(NC(=O)NCC1CC(n2cc(-c3cccc(OCc4ccccc4)c3)c3c(N)ncnc32)C1)C1CNCCO1. The number of aromatic nitrogens is 3. The molecule has 5 N–H and O–H groups in total. The fourth-order valence-corrected chi connectivity index (χ4v) is 5.69. The van der Waals surface area contributed by atoms with Crippen molar-refractivity contribution in [2.45, 2.75) is 44.6 Å². The molecule has 2 aromatic carbocycles. The molecule has 2 fully saturated rings. The number of nitrogen functional groups attached to an aromatic ring is 1. The predicted octanol–water partition coefficient (Wildman–Crippen LogP) is 3.89. The highest BCUT2D eigenvalue weighted by Crippen LogP contribution is 2.43. The Labute approximate surface area is 239 Å². The van der Waals surface area contributed by atoms with Crippen molar-refractivity contribution >= 4 is 22.9 Å². The van der Waals surface area contributed by atoms with Crippen LogP contribution in [0.3, 0.4) is 0 Å². The summed E-state index contributed by atoms with van der Waals surface area (Å²) in [6.45, 7) is 5.37. The van der Waals surface area contributed by atoms with Gasteiger partial charge in [0.2, 0.25) is 0 Å². The number of nitrogens with two attached hydrogens (primary N) is 1. The van der Waals surface area contributed by atoms with E-state index < -0.39 is 0 Å². The fraction of sp³-hybridized carbons (Fsp3) is 0.387. The van der Waals surface area contributed by atoms with Crippen LogP contribution in [0.15, 0.2) is 67.1 Å². The molecule has 2 aliphatic rings. The number of nitrogens with one attached hydrogen (secondary N) is 3. The second kappa shape index (κ2) is 12.2. The highest BCUT2D eigenvalue weighted by molar-refractivity contribution is 6.00. The zero-order chi connectivity index (χ0) is 28.2. The van der Waals surface area contributed by atoms with Gasteiger partial charge in [-0.05, 0) is 48.9 Å². The second-order valence-electron chi connectivity index (χ2n) is 11.0. The molecular formula is C31H37N7O3. The number of ether oxygens (including phenoxy) is 2. The number of amides is 2. The highest BCUT2D eigenvalue weighted by Gasteiger charge is 2.33. The number of fused-ring (bicyclic) bond motifs is 1. The number of hydrogen-bond donors (Lipinski definition) is 4. The highest BCUT2D eigenvalue weighted by atomic mass is 16.5. The van der Waals surface area contributed by atoms with Crippen molar-refractivity contribution in [1.82, 2.24) is 30.5 Å². The first-order valence-corrected chi connectivity index (χ1v) is 14.3. The third-order valence-electron chi connectivity index (χ3n) is 8.06. The van der Waals surface area contributed by atoms with Gasteiger partial charge in [0.15, 0.2) is 0 Å². The lowest BCUT2D eigenvalue weighted by atomic mass is 9.80. The monoisotopic (exact) mass is 555 g/mol. The van der Waals surface area contributed by atoms with Gasteiger partial charge < -0.3 is 35.7 Å². The summed E-state index contributed by atoms with van der Waals surface area (Å²) in [5.41, 5.74) is 10.3. The molecule has 10 nitrogen and oxygen atoms in total. The number of morpholine rings is 1. The number of nitrogens with zero attached hydrogens (tertiary/aromatic N) is 3. The second-order valence-corrected chi connectivity index (χ2v) is 11.0. The molecule has 1 saturated carbocycles. The lowest BCUT2D eigenvalue weighted by molar-refractivity contribution is 0.0106. The Bertz CT molecular complexity index is 1480. The van der Waals surface area contributed by atoms with Crippen LogP contribution >= 0.6 is 0 Å². The first-order chi connectivity index (χ1) is 20.0. The largest absolute Gasteiger partial charge is 0.489 e. The van der Waals surface area contributed by atoms with Crippen LogP contribution in [0.5, 0.6) is 5.75 Å². The van der Waals surface area contributed by atoms with Crippen molar-refractivity contribution < 1.29 is 14.3 Å². The smallest absolute Gasteiger partial charge is 0.315 e. The molecule has 0 spiro atoms. The molecule has 2 aromatic heterocycles. The molecule has 214 valence electrons. The van der Waals surface area contributed by atoms with Gasteiger partial charge in [-0.1, -0.05) is 42.5 Å². The van der Waals surface area contributed by atoms with E-state index >= 15 is 0 Å². The van der Waals surface area contributed by atoms with E-state index in [-0.39, 0.29) is 24.2 Å². The summed E-state index contributed by atoms with van der Waals surface area (Å²) in [6, 6.07) is 18.2. The number of carbonyl (C=O) groups is 1. The number of rotatable bonds is 9. The third kappa shape index (κ3) is 6.13. The van der Waals surface area contributed by atoms with Gasteiger partial charge in [0.05, 0.1) is 24.1 Å². The molecule has 10 heteroatoms. The van der Waals surface area contributed by atoms with Gasteiger partial charge in [-0.3, -0.25) is 0 Å². The topological polar surface area (TPSA) is 128 Å². The van der Waals surface area contributed by atoms with Crippen LogP contribution in [0.1, 0.15) is 31.4 Å². The minimum atomic E-state index is -0.154. The Morgan fingerprint density at radius 2 is 2.05 bits per heavy atom. The van der Waals surface area contributed by atoms with Crippen LogP contribution in [0.4, 0.5) is 10.6 Å². The average Bonchev–Trinajstić information content (AvgIpc) is 3.37. The zero-order valence-corrected chi connectivity index (χ0v) is 23.3. The Morgan fingerprint density at radius 3 is 2.85 bits per heavy atom. The molecule has 2 unspecified atom stereocenters. The van der Waals surface area contributed by atoms with Gasteiger partial charge in [0.1, 0.15) is 30.1 Å². The maximum atomic E-state index is 12.5. The third-order valence-corrected chi connectivity index (χ3v) is 8.06. The average molecular weight is 556 g/mol. The minimum Gasteiger partial charge on any atom is -0.489 e. The Hall–Kier alpha value is -4.15. The standard InChI is InChI=1S/C31H37N7O3/c1-20(27-16-33-10-11-40-27)37-31(39)34-15-22-12-24(13-22)38-17-26(28-29(32)35-19-36-30(28)38)23-8-5-9-25(14-23)41-18-21-6-3-2-4-7-21/h2-9,14,17,19-20,22,24,27,33H,10-13,15-16,18H2,1H3,(H2,32,35,36)(H2,34,37,39). The van der Waals surface area contributed by atoms with Crippen LogP contribution in [0, 0.1) is 5.92 Å². The number of benzene rings is 2. The van der Waals surface area contributed by atoms with Crippen LogP contribution in [-0.2, 0) is 11.3 Å². The molecule has 41 heavy (non-hydrogen) atoms. The molecular weight excluding hydrogens is 518 g/mol. The van der Waals surface area contributed by atoms with Gasteiger partial charge in [-0.25, -0.2) is 14.8 Å². The summed E-state index contributed by atoms with van der Waals surface area (Å²) in [4.78, 5) is 21.4. The van der Waals surface area contributed by atoms with E-state index in [1.165, 1.54) is 6.33 Å². The number of urea groups is 1. The Morgan fingerprint density at radius 1 is 1.20 bits per heavy atom. The van der Waals surface area contributed by atoms with Crippen molar-refractivity contribution in [3.63, 3.8) is 0 Å². The maximum Gasteiger partial charge on any atom is 0.315 e. The molecule has 0 bridgehead atoms. The lowest BCUT2D eigenvalue weighted by Gasteiger charge is -2.37. The Balaban J connectivity index is 1.10. The van der Waals surface area contributed by atoms with Gasteiger partial charge in [0.25, 0.3) is 0 Å². The maximum absolute atomic E-state index is 12.5. The Kier molecular flexibility index (Phi) is 8.02. The van der Waals surface area contributed by atoms with E-state index in [0.717, 1.165) is 59.4 Å². The first kappa shape index (κ1) is 27.0. The van der Waals surface area contributed by atoms with E-state index in [1.54, 1.807) is 0 Å². The fourth-order valence-electron chi connectivity index (χ4n) is 5.69. The molecule has 2 atom stereocenters.